The van der Waals surface area contributed by atoms with E-state index in [0.29, 0.717) is 18.8 Å². The monoisotopic (exact) mass is 255 g/mol. The van der Waals surface area contributed by atoms with Crippen LogP contribution in [0.4, 0.5) is 0 Å². The molecule has 1 saturated carbocycles. The molecule has 1 aliphatic carbocycles. The third-order valence-electron chi connectivity index (χ3n) is 4.06. The Morgan fingerprint density at radius 3 is 2.33 bits per heavy atom. The molecule has 0 bridgehead atoms. The molecule has 0 aromatic carbocycles. The van der Waals surface area contributed by atoms with Gasteiger partial charge >= 0.3 is 5.97 Å². The summed E-state index contributed by atoms with van der Waals surface area (Å²) in [6.45, 7) is 2.03. The van der Waals surface area contributed by atoms with Gasteiger partial charge < -0.3 is 15.2 Å². The molecule has 2 aliphatic rings. The second-order valence-electron chi connectivity index (χ2n) is 5.37. The van der Waals surface area contributed by atoms with Crippen molar-refractivity contribution in [1.29, 1.82) is 0 Å². The number of carboxylic acid groups (broad SMARTS) is 1. The Balaban J connectivity index is 1.79. The predicted octanol–water partition coefficient (Wildman–Crippen LogP) is 1.31. The van der Waals surface area contributed by atoms with Crippen LogP contribution in [0.2, 0.25) is 0 Å². The van der Waals surface area contributed by atoms with Crippen molar-refractivity contribution >= 4 is 11.9 Å². The van der Waals surface area contributed by atoms with Gasteiger partial charge in [0.1, 0.15) is 6.10 Å². The maximum absolute atomic E-state index is 12.0. The fourth-order valence-electron chi connectivity index (χ4n) is 2.90. The summed E-state index contributed by atoms with van der Waals surface area (Å²) >= 11 is 0. The molecule has 102 valence electrons. The SMILES string of the molecule is C[C@@H](NC(=O)C1CCC(C(=O)O)O1)C1CCCC1. The van der Waals surface area contributed by atoms with E-state index in [0.717, 1.165) is 0 Å². The molecule has 0 aromatic heterocycles. The summed E-state index contributed by atoms with van der Waals surface area (Å²) < 4.78 is 5.24. The first-order valence-electron chi connectivity index (χ1n) is 6.76. The van der Waals surface area contributed by atoms with Gasteiger partial charge in [-0.15, -0.1) is 0 Å². The molecule has 3 atom stereocenters. The lowest BCUT2D eigenvalue weighted by Crippen LogP contribution is -2.43. The number of ether oxygens (including phenoxy) is 1. The standard InChI is InChI=1S/C13H21NO4/c1-8(9-4-2-3-5-9)14-12(15)10-6-7-11(18-10)13(16)17/h8-11H,2-7H2,1H3,(H,14,15)(H,16,17)/t8-,10?,11?/m1/s1. The smallest absolute Gasteiger partial charge is 0.332 e. The maximum Gasteiger partial charge on any atom is 0.332 e. The number of carboxylic acids is 1. The van der Waals surface area contributed by atoms with Gasteiger partial charge in [0.2, 0.25) is 5.91 Å². The second-order valence-corrected chi connectivity index (χ2v) is 5.37. The fraction of sp³-hybridized carbons (Fsp3) is 0.846. The summed E-state index contributed by atoms with van der Waals surface area (Å²) in [6, 6.07) is 0.160. The summed E-state index contributed by atoms with van der Waals surface area (Å²) in [5.74, 6) is -0.571. The van der Waals surface area contributed by atoms with Crippen molar-refractivity contribution in [3.8, 4) is 0 Å². The Morgan fingerprint density at radius 1 is 1.17 bits per heavy atom. The second kappa shape index (κ2) is 5.69. The highest BCUT2D eigenvalue weighted by molar-refractivity contribution is 5.82. The van der Waals surface area contributed by atoms with Crippen LogP contribution >= 0.6 is 0 Å². The topological polar surface area (TPSA) is 75.6 Å². The van der Waals surface area contributed by atoms with Gasteiger partial charge in [-0.1, -0.05) is 12.8 Å². The van der Waals surface area contributed by atoms with E-state index in [-0.39, 0.29) is 11.9 Å². The zero-order valence-electron chi connectivity index (χ0n) is 10.7. The van der Waals surface area contributed by atoms with E-state index in [4.69, 9.17) is 9.84 Å². The zero-order valence-corrected chi connectivity index (χ0v) is 10.7. The van der Waals surface area contributed by atoms with Crippen molar-refractivity contribution in [2.45, 2.75) is 63.7 Å². The third-order valence-corrected chi connectivity index (χ3v) is 4.06. The molecule has 5 nitrogen and oxygen atoms in total. The van der Waals surface area contributed by atoms with Crippen molar-refractivity contribution < 1.29 is 19.4 Å². The molecule has 0 radical (unpaired) electrons. The number of amides is 1. The van der Waals surface area contributed by atoms with E-state index < -0.39 is 18.2 Å². The molecule has 0 aromatic rings. The Morgan fingerprint density at radius 2 is 1.78 bits per heavy atom. The minimum absolute atomic E-state index is 0.154. The van der Waals surface area contributed by atoms with Crippen LogP contribution in [0.5, 0.6) is 0 Å². The van der Waals surface area contributed by atoms with Gasteiger partial charge in [-0.2, -0.15) is 0 Å². The Bertz CT molecular complexity index is 325. The van der Waals surface area contributed by atoms with Crippen LogP contribution in [-0.4, -0.2) is 35.2 Å². The van der Waals surface area contributed by atoms with Crippen molar-refractivity contribution in [2.24, 2.45) is 5.92 Å². The first kappa shape index (κ1) is 13.3. The molecule has 0 spiro atoms. The minimum Gasteiger partial charge on any atom is -0.479 e. The number of nitrogens with one attached hydrogen (secondary N) is 1. The predicted molar refractivity (Wildman–Crippen MR) is 65.1 cm³/mol. The van der Waals surface area contributed by atoms with Gasteiger partial charge in [0.05, 0.1) is 0 Å². The molecule has 1 heterocycles. The Labute approximate surface area is 107 Å². The van der Waals surface area contributed by atoms with Crippen LogP contribution in [-0.2, 0) is 14.3 Å². The lowest BCUT2D eigenvalue weighted by molar-refractivity contribution is -0.152. The van der Waals surface area contributed by atoms with Crippen LogP contribution in [0, 0.1) is 5.92 Å². The van der Waals surface area contributed by atoms with Crippen molar-refractivity contribution in [1.82, 2.24) is 5.32 Å². The molecular weight excluding hydrogens is 234 g/mol. The fourth-order valence-corrected chi connectivity index (χ4v) is 2.90. The van der Waals surface area contributed by atoms with Crippen LogP contribution in [0.15, 0.2) is 0 Å². The van der Waals surface area contributed by atoms with Gasteiger partial charge in [0.25, 0.3) is 0 Å². The van der Waals surface area contributed by atoms with E-state index in [1.165, 1.54) is 25.7 Å². The zero-order chi connectivity index (χ0) is 13.1. The highest BCUT2D eigenvalue weighted by Gasteiger charge is 2.35. The van der Waals surface area contributed by atoms with E-state index in [2.05, 4.69) is 5.32 Å². The number of carbonyl (C=O) groups is 2. The minimum atomic E-state index is -0.978. The summed E-state index contributed by atoms with van der Waals surface area (Å²) in [5, 5.41) is 11.8. The van der Waals surface area contributed by atoms with Crippen LogP contribution in [0.1, 0.15) is 45.4 Å². The normalized spacial score (nSPS) is 30.3. The first-order chi connectivity index (χ1) is 8.58. The molecule has 1 aliphatic heterocycles. The number of hydrogen-bond donors (Lipinski definition) is 2. The molecule has 2 rings (SSSR count). The number of carbonyl (C=O) groups excluding carboxylic acids is 1. The van der Waals surface area contributed by atoms with Crippen LogP contribution < -0.4 is 5.32 Å². The summed E-state index contributed by atoms with van der Waals surface area (Å²) in [4.78, 5) is 22.7. The van der Waals surface area contributed by atoms with Gasteiger partial charge in [-0.3, -0.25) is 4.79 Å². The molecule has 2 N–H and O–H groups in total. The van der Waals surface area contributed by atoms with Crippen LogP contribution in [0.3, 0.4) is 0 Å². The quantitative estimate of drug-likeness (QED) is 0.794. The van der Waals surface area contributed by atoms with E-state index >= 15 is 0 Å². The number of aliphatic carboxylic acids is 1. The van der Waals surface area contributed by atoms with Crippen molar-refractivity contribution in [3.05, 3.63) is 0 Å². The van der Waals surface area contributed by atoms with Crippen molar-refractivity contribution in [3.63, 3.8) is 0 Å². The molecule has 2 unspecified atom stereocenters. The summed E-state index contributed by atoms with van der Waals surface area (Å²) in [5.41, 5.74) is 0. The highest BCUT2D eigenvalue weighted by atomic mass is 16.5. The first-order valence-corrected chi connectivity index (χ1v) is 6.76. The molecule has 1 amide bonds. The number of rotatable bonds is 4. The van der Waals surface area contributed by atoms with Gasteiger partial charge in [-0.25, -0.2) is 4.79 Å². The average Bonchev–Trinajstić information content (AvgIpc) is 3.00. The highest BCUT2D eigenvalue weighted by Crippen LogP contribution is 2.28. The maximum atomic E-state index is 12.0. The summed E-state index contributed by atoms with van der Waals surface area (Å²) in [6.07, 6.45) is 4.34. The van der Waals surface area contributed by atoms with E-state index in [1.54, 1.807) is 0 Å². The van der Waals surface area contributed by atoms with Crippen molar-refractivity contribution in [2.75, 3.05) is 0 Å². The van der Waals surface area contributed by atoms with E-state index in [1.807, 2.05) is 6.92 Å². The molecule has 5 heteroatoms. The third kappa shape index (κ3) is 3.02. The molecule has 18 heavy (non-hydrogen) atoms. The van der Waals surface area contributed by atoms with Gasteiger partial charge in [0, 0.05) is 6.04 Å². The van der Waals surface area contributed by atoms with E-state index in [9.17, 15) is 9.59 Å². The molecule has 1 saturated heterocycles. The average molecular weight is 255 g/mol. The molecular formula is C13H21NO4. The van der Waals surface area contributed by atoms with Gasteiger partial charge in [0.15, 0.2) is 6.10 Å². The summed E-state index contributed by atoms with van der Waals surface area (Å²) in [7, 11) is 0. The Hall–Kier alpha value is -1.10. The van der Waals surface area contributed by atoms with Gasteiger partial charge in [-0.05, 0) is 38.5 Å². The Kier molecular flexibility index (Phi) is 4.22. The largest absolute Gasteiger partial charge is 0.479 e. The lowest BCUT2D eigenvalue weighted by Gasteiger charge is -2.22. The number of hydrogen-bond acceptors (Lipinski definition) is 3. The van der Waals surface area contributed by atoms with Crippen LogP contribution in [0.25, 0.3) is 0 Å². The lowest BCUT2D eigenvalue weighted by atomic mass is 9.99. The molecule has 2 fully saturated rings.